The molecule has 3 heteroatoms. The maximum atomic E-state index is 3.38. The molecule has 2 atom stereocenters. The van der Waals surface area contributed by atoms with Gasteiger partial charge in [-0.05, 0) is 45.8 Å². The van der Waals surface area contributed by atoms with E-state index in [4.69, 9.17) is 0 Å². The second kappa shape index (κ2) is 4.04. The molecule has 2 unspecified atom stereocenters. The third kappa shape index (κ3) is 1.81. The molecule has 0 radical (unpaired) electrons. The lowest BCUT2D eigenvalue weighted by molar-refractivity contribution is 0.0593. The number of piperidine rings is 1. The Morgan fingerprint density at radius 3 is 2.73 bits per heavy atom. The van der Waals surface area contributed by atoms with Gasteiger partial charge >= 0.3 is 0 Å². The fourth-order valence-corrected chi connectivity index (χ4v) is 3.43. The molecule has 3 rings (SSSR count). The molecular weight excluding hydrogens is 186 g/mol. The number of fused-ring (bicyclic) bond motifs is 1. The molecule has 0 aromatic rings. The zero-order chi connectivity index (χ0) is 10.3. The molecule has 0 saturated carbocycles. The van der Waals surface area contributed by atoms with Crippen molar-refractivity contribution in [2.24, 2.45) is 0 Å². The zero-order valence-electron chi connectivity index (χ0n) is 9.78. The van der Waals surface area contributed by atoms with E-state index in [9.17, 15) is 0 Å². The van der Waals surface area contributed by atoms with Crippen LogP contribution in [0.1, 0.15) is 25.7 Å². The molecule has 3 aliphatic heterocycles. The predicted molar refractivity (Wildman–Crippen MR) is 62.0 cm³/mol. The van der Waals surface area contributed by atoms with E-state index in [-0.39, 0.29) is 0 Å². The topological polar surface area (TPSA) is 18.5 Å². The lowest BCUT2D eigenvalue weighted by Crippen LogP contribution is -2.60. The minimum absolute atomic E-state index is 0.822. The van der Waals surface area contributed by atoms with Gasteiger partial charge in [-0.15, -0.1) is 0 Å². The minimum atomic E-state index is 0.822. The molecule has 3 heterocycles. The molecule has 3 saturated heterocycles. The Labute approximate surface area is 92.8 Å². The van der Waals surface area contributed by atoms with Gasteiger partial charge in [0.05, 0.1) is 0 Å². The highest BCUT2D eigenvalue weighted by molar-refractivity contribution is 4.93. The van der Waals surface area contributed by atoms with Crippen LogP contribution < -0.4 is 5.32 Å². The quantitative estimate of drug-likeness (QED) is 0.715. The molecule has 15 heavy (non-hydrogen) atoms. The minimum Gasteiger partial charge on any atom is -0.314 e. The van der Waals surface area contributed by atoms with Crippen LogP contribution in [0.3, 0.4) is 0 Å². The summed E-state index contributed by atoms with van der Waals surface area (Å²) in [6, 6.07) is 2.60. The Bertz CT molecular complexity index is 227. The molecule has 0 aromatic heterocycles. The fraction of sp³-hybridized carbons (Fsp3) is 1.00. The molecule has 0 spiro atoms. The average Bonchev–Trinajstić information content (AvgIpc) is 2.61. The summed E-state index contributed by atoms with van der Waals surface area (Å²) in [5.74, 6) is 0. The first-order valence-corrected chi connectivity index (χ1v) is 6.51. The fourth-order valence-electron chi connectivity index (χ4n) is 3.43. The molecule has 0 aromatic carbocycles. The first-order chi connectivity index (χ1) is 7.34. The van der Waals surface area contributed by atoms with E-state index in [1.807, 2.05) is 0 Å². The highest BCUT2D eigenvalue weighted by Crippen LogP contribution is 2.29. The summed E-state index contributed by atoms with van der Waals surface area (Å²) in [5.41, 5.74) is 0. The van der Waals surface area contributed by atoms with Gasteiger partial charge in [-0.3, -0.25) is 4.90 Å². The lowest BCUT2D eigenvalue weighted by Gasteiger charge is -2.45. The number of hydrogen-bond donors (Lipinski definition) is 1. The van der Waals surface area contributed by atoms with Crippen LogP contribution in [0.5, 0.6) is 0 Å². The molecular formula is C12H23N3. The summed E-state index contributed by atoms with van der Waals surface area (Å²) in [6.45, 7) is 5.13. The van der Waals surface area contributed by atoms with Crippen LogP contribution in [0.4, 0.5) is 0 Å². The summed E-state index contributed by atoms with van der Waals surface area (Å²) in [5, 5.41) is 3.38. The maximum absolute atomic E-state index is 3.38. The van der Waals surface area contributed by atoms with E-state index in [0.29, 0.717) is 0 Å². The molecule has 86 valence electrons. The van der Waals surface area contributed by atoms with E-state index in [2.05, 4.69) is 22.2 Å². The van der Waals surface area contributed by atoms with Crippen molar-refractivity contribution >= 4 is 0 Å². The Morgan fingerprint density at radius 2 is 2.00 bits per heavy atom. The monoisotopic (exact) mass is 209 g/mol. The van der Waals surface area contributed by atoms with Gasteiger partial charge in [0, 0.05) is 31.2 Å². The first-order valence-electron chi connectivity index (χ1n) is 6.51. The largest absolute Gasteiger partial charge is 0.314 e. The van der Waals surface area contributed by atoms with Gasteiger partial charge in [0.25, 0.3) is 0 Å². The smallest absolute Gasteiger partial charge is 0.0345 e. The summed E-state index contributed by atoms with van der Waals surface area (Å²) < 4.78 is 0. The highest BCUT2D eigenvalue weighted by Gasteiger charge is 2.35. The van der Waals surface area contributed by atoms with E-state index in [1.165, 1.54) is 51.9 Å². The van der Waals surface area contributed by atoms with Gasteiger partial charge in [-0.25, -0.2) is 0 Å². The standard InChI is InChI=1S/C12H23N3/c1-14(12-8-13-9-12)10-4-6-15-5-2-3-11(15)7-10/h10-13H,2-9H2,1H3. The normalized spacial score (nSPS) is 38.0. The van der Waals surface area contributed by atoms with E-state index >= 15 is 0 Å². The van der Waals surface area contributed by atoms with Gasteiger partial charge in [0.2, 0.25) is 0 Å². The van der Waals surface area contributed by atoms with Crippen molar-refractivity contribution in [1.29, 1.82) is 0 Å². The molecule has 0 aliphatic carbocycles. The molecule has 1 N–H and O–H groups in total. The van der Waals surface area contributed by atoms with E-state index in [1.54, 1.807) is 0 Å². The zero-order valence-corrected chi connectivity index (χ0v) is 9.78. The summed E-state index contributed by atoms with van der Waals surface area (Å²) in [6.07, 6.45) is 5.70. The summed E-state index contributed by atoms with van der Waals surface area (Å²) in [4.78, 5) is 5.36. The first kappa shape index (κ1) is 10.1. The van der Waals surface area contributed by atoms with Crippen LogP contribution in [0.15, 0.2) is 0 Å². The highest BCUT2D eigenvalue weighted by atomic mass is 15.3. The molecule has 3 aliphatic rings. The van der Waals surface area contributed by atoms with Crippen LogP contribution in [0.25, 0.3) is 0 Å². The molecule has 0 amide bonds. The van der Waals surface area contributed by atoms with Crippen molar-refractivity contribution in [3.63, 3.8) is 0 Å². The van der Waals surface area contributed by atoms with Crippen LogP contribution in [-0.2, 0) is 0 Å². The van der Waals surface area contributed by atoms with Crippen molar-refractivity contribution < 1.29 is 0 Å². The van der Waals surface area contributed by atoms with Gasteiger partial charge in [-0.2, -0.15) is 0 Å². The second-order valence-corrected chi connectivity index (χ2v) is 5.49. The van der Waals surface area contributed by atoms with Gasteiger partial charge in [-0.1, -0.05) is 0 Å². The Balaban J connectivity index is 1.58. The molecule has 3 fully saturated rings. The molecule has 0 bridgehead atoms. The van der Waals surface area contributed by atoms with E-state index < -0.39 is 0 Å². The van der Waals surface area contributed by atoms with Crippen LogP contribution >= 0.6 is 0 Å². The number of nitrogens with one attached hydrogen (secondary N) is 1. The third-order valence-corrected chi connectivity index (χ3v) is 4.70. The van der Waals surface area contributed by atoms with Crippen molar-refractivity contribution in [3.8, 4) is 0 Å². The summed E-state index contributed by atoms with van der Waals surface area (Å²) in [7, 11) is 2.33. The van der Waals surface area contributed by atoms with Crippen LogP contribution in [-0.4, -0.2) is 61.2 Å². The Morgan fingerprint density at radius 1 is 1.13 bits per heavy atom. The maximum Gasteiger partial charge on any atom is 0.0345 e. The Kier molecular flexibility index (Phi) is 2.71. The Hall–Kier alpha value is -0.120. The average molecular weight is 209 g/mol. The van der Waals surface area contributed by atoms with Gasteiger partial charge < -0.3 is 10.2 Å². The number of rotatable bonds is 2. The third-order valence-electron chi connectivity index (χ3n) is 4.70. The van der Waals surface area contributed by atoms with Gasteiger partial charge in [0.1, 0.15) is 0 Å². The number of hydrogen-bond acceptors (Lipinski definition) is 3. The number of likely N-dealkylation sites (N-methyl/N-ethyl adjacent to an activating group) is 1. The van der Waals surface area contributed by atoms with E-state index in [0.717, 1.165) is 18.1 Å². The second-order valence-electron chi connectivity index (χ2n) is 5.49. The predicted octanol–water partition coefficient (Wildman–Crippen LogP) is 0.517. The lowest BCUT2D eigenvalue weighted by atomic mass is 9.94. The SMILES string of the molecule is CN(C1CNC1)C1CCN2CCCC2C1. The van der Waals surface area contributed by atoms with Crippen LogP contribution in [0, 0.1) is 0 Å². The number of nitrogens with zero attached hydrogens (tertiary/aromatic N) is 2. The van der Waals surface area contributed by atoms with Crippen molar-refractivity contribution in [1.82, 2.24) is 15.1 Å². The molecule has 3 nitrogen and oxygen atoms in total. The van der Waals surface area contributed by atoms with Crippen LogP contribution in [0.2, 0.25) is 0 Å². The van der Waals surface area contributed by atoms with Crippen molar-refractivity contribution in [3.05, 3.63) is 0 Å². The van der Waals surface area contributed by atoms with Crippen molar-refractivity contribution in [2.45, 2.75) is 43.8 Å². The summed E-state index contributed by atoms with van der Waals surface area (Å²) >= 11 is 0. The van der Waals surface area contributed by atoms with Gasteiger partial charge in [0.15, 0.2) is 0 Å². The van der Waals surface area contributed by atoms with Crippen molar-refractivity contribution in [2.75, 3.05) is 33.2 Å².